The molecule has 1 amide bonds. The van der Waals surface area contributed by atoms with Crippen molar-refractivity contribution in [2.45, 2.75) is 13.5 Å². The Morgan fingerprint density at radius 1 is 1.17 bits per heavy atom. The van der Waals surface area contributed by atoms with Crippen molar-refractivity contribution >= 4 is 11.9 Å². The molecule has 0 saturated carbocycles. The first kappa shape index (κ1) is 16.6. The molecule has 0 unspecified atom stereocenters. The SMILES string of the molecule is CCOc1ccc(CN(C)C(=O)COC(=O)c2ccc[nH]2)cc1. The van der Waals surface area contributed by atoms with Gasteiger partial charge in [0.15, 0.2) is 6.61 Å². The van der Waals surface area contributed by atoms with E-state index in [9.17, 15) is 9.59 Å². The summed E-state index contributed by atoms with van der Waals surface area (Å²) < 4.78 is 10.3. The van der Waals surface area contributed by atoms with Crippen molar-refractivity contribution in [3.05, 3.63) is 53.9 Å². The van der Waals surface area contributed by atoms with E-state index in [1.807, 2.05) is 31.2 Å². The van der Waals surface area contributed by atoms with Gasteiger partial charge in [-0.25, -0.2) is 4.79 Å². The van der Waals surface area contributed by atoms with Crippen molar-refractivity contribution in [2.75, 3.05) is 20.3 Å². The normalized spacial score (nSPS) is 10.2. The van der Waals surface area contributed by atoms with Gasteiger partial charge in [-0.2, -0.15) is 0 Å². The number of ether oxygens (including phenoxy) is 2. The predicted octanol–water partition coefficient (Wildman–Crippen LogP) is 2.23. The highest BCUT2D eigenvalue weighted by Gasteiger charge is 2.14. The number of H-pyrrole nitrogens is 1. The van der Waals surface area contributed by atoms with Crippen molar-refractivity contribution in [1.29, 1.82) is 0 Å². The molecular formula is C17H20N2O4. The van der Waals surface area contributed by atoms with Crippen LogP contribution in [-0.4, -0.2) is 42.0 Å². The number of aromatic amines is 1. The van der Waals surface area contributed by atoms with Crippen molar-refractivity contribution in [2.24, 2.45) is 0 Å². The smallest absolute Gasteiger partial charge is 0.355 e. The van der Waals surface area contributed by atoms with E-state index in [-0.39, 0.29) is 12.5 Å². The number of benzene rings is 1. The number of nitrogens with zero attached hydrogens (tertiary/aromatic N) is 1. The molecule has 0 aliphatic rings. The second-order valence-electron chi connectivity index (χ2n) is 4.99. The van der Waals surface area contributed by atoms with Gasteiger partial charge in [-0.05, 0) is 36.8 Å². The molecule has 23 heavy (non-hydrogen) atoms. The molecule has 0 radical (unpaired) electrons. The van der Waals surface area contributed by atoms with Crippen molar-refractivity contribution in [1.82, 2.24) is 9.88 Å². The first-order valence-corrected chi connectivity index (χ1v) is 7.36. The molecular weight excluding hydrogens is 296 g/mol. The van der Waals surface area contributed by atoms with E-state index in [2.05, 4.69) is 4.98 Å². The van der Waals surface area contributed by atoms with E-state index < -0.39 is 5.97 Å². The van der Waals surface area contributed by atoms with Crippen LogP contribution in [0.1, 0.15) is 23.0 Å². The fraction of sp³-hybridized carbons (Fsp3) is 0.294. The number of amides is 1. The fourth-order valence-corrected chi connectivity index (χ4v) is 1.99. The lowest BCUT2D eigenvalue weighted by molar-refractivity contribution is -0.133. The van der Waals surface area contributed by atoms with Crippen molar-refractivity contribution < 1.29 is 19.1 Å². The number of esters is 1. The van der Waals surface area contributed by atoms with Gasteiger partial charge in [-0.15, -0.1) is 0 Å². The molecule has 0 atom stereocenters. The molecule has 1 heterocycles. The van der Waals surface area contributed by atoms with Crippen LogP contribution in [-0.2, 0) is 16.1 Å². The topological polar surface area (TPSA) is 71.6 Å². The number of carbonyl (C=O) groups is 2. The van der Waals surface area contributed by atoms with Gasteiger partial charge in [-0.1, -0.05) is 12.1 Å². The van der Waals surface area contributed by atoms with E-state index >= 15 is 0 Å². The molecule has 6 heteroatoms. The Morgan fingerprint density at radius 3 is 2.52 bits per heavy atom. The molecule has 0 bridgehead atoms. The molecule has 0 aliphatic heterocycles. The zero-order valence-electron chi connectivity index (χ0n) is 13.2. The number of rotatable bonds is 7. The summed E-state index contributed by atoms with van der Waals surface area (Å²) in [7, 11) is 1.67. The summed E-state index contributed by atoms with van der Waals surface area (Å²) >= 11 is 0. The van der Waals surface area contributed by atoms with Crippen LogP contribution in [0.15, 0.2) is 42.6 Å². The quantitative estimate of drug-likeness (QED) is 0.795. The lowest BCUT2D eigenvalue weighted by atomic mass is 10.2. The summed E-state index contributed by atoms with van der Waals surface area (Å²) in [5.41, 5.74) is 1.30. The van der Waals surface area contributed by atoms with E-state index in [4.69, 9.17) is 9.47 Å². The minimum Gasteiger partial charge on any atom is -0.494 e. The van der Waals surface area contributed by atoms with Crippen LogP contribution in [0.2, 0.25) is 0 Å². The minimum atomic E-state index is -0.544. The van der Waals surface area contributed by atoms with Crippen molar-refractivity contribution in [3.63, 3.8) is 0 Å². The van der Waals surface area contributed by atoms with Crippen LogP contribution < -0.4 is 4.74 Å². The summed E-state index contributed by atoms with van der Waals surface area (Å²) in [5, 5.41) is 0. The zero-order valence-corrected chi connectivity index (χ0v) is 13.2. The molecule has 1 aromatic carbocycles. The van der Waals surface area contributed by atoms with Crippen LogP contribution >= 0.6 is 0 Å². The summed E-state index contributed by atoms with van der Waals surface area (Å²) in [6, 6.07) is 10.8. The Morgan fingerprint density at radius 2 is 1.91 bits per heavy atom. The highest BCUT2D eigenvalue weighted by atomic mass is 16.5. The highest BCUT2D eigenvalue weighted by molar-refractivity contribution is 5.89. The Hall–Kier alpha value is -2.76. The van der Waals surface area contributed by atoms with Gasteiger partial charge in [0.2, 0.25) is 0 Å². The summed E-state index contributed by atoms with van der Waals surface area (Å²) in [4.78, 5) is 27.9. The Balaban J connectivity index is 1.81. The van der Waals surface area contributed by atoms with E-state index in [0.717, 1.165) is 11.3 Å². The van der Waals surface area contributed by atoms with Crippen LogP contribution in [0.4, 0.5) is 0 Å². The molecule has 2 rings (SSSR count). The lowest BCUT2D eigenvalue weighted by Crippen LogP contribution is -2.30. The van der Waals surface area contributed by atoms with Crippen molar-refractivity contribution in [3.8, 4) is 5.75 Å². The van der Waals surface area contributed by atoms with E-state index in [1.165, 1.54) is 4.90 Å². The monoisotopic (exact) mass is 316 g/mol. The molecule has 0 saturated heterocycles. The van der Waals surface area contributed by atoms with Crippen LogP contribution in [0, 0.1) is 0 Å². The number of hydrogen-bond donors (Lipinski definition) is 1. The van der Waals surface area contributed by atoms with Gasteiger partial charge in [0, 0.05) is 19.8 Å². The number of carbonyl (C=O) groups excluding carboxylic acids is 2. The Bertz CT molecular complexity index is 635. The lowest BCUT2D eigenvalue weighted by Gasteiger charge is -2.17. The van der Waals surface area contributed by atoms with Gasteiger partial charge < -0.3 is 19.4 Å². The Kier molecular flexibility index (Phi) is 5.80. The van der Waals surface area contributed by atoms with E-state index in [1.54, 1.807) is 25.4 Å². The van der Waals surface area contributed by atoms with E-state index in [0.29, 0.717) is 18.8 Å². The maximum Gasteiger partial charge on any atom is 0.355 e. The minimum absolute atomic E-state index is 0.265. The molecule has 6 nitrogen and oxygen atoms in total. The van der Waals surface area contributed by atoms with Gasteiger partial charge in [0.05, 0.1) is 6.61 Å². The zero-order chi connectivity index (χ0) is 16.7. The summed E-state index contributed by atoms with van der Waals surface area (Å²) in [6.45, 7) is 2.69. The maximum absolute atomic E-state index is 12.0. The van der Waals surface area contributed by atoms with Crippen LogP contribution in [0.25, 0.3) is 0 Å². The summed E-state index contributed by atoms with van der Waals surface area (Å²) in [6.07, 6.45) is 1.62. The average Bonchev–Trinajstić information content (AvgIpc) is 3.09. The number of likely N-dealkylation sites (N-methyl/N-ethyl adjacent to an activating group) is 1. The second-order valence-corrected chi connectivity index (χ2v) is 4.99. The Labute approximate surface area is 135 Å². The molecule has 0 fully saturated rings. The first-order valence-electron chi connectivity index (χ1n) is 7.36. The third kappa shape index (κ3) is 4.88. The molecule has 0 spiro atoms. The average molecular weight is 316 g/mol. The third-order valence-corrected chi connectivity index (χ3v) is 3.22. The molecule has 122 valence electrons. The maximum atomic E-state index is 12.0. The second kappa shape index (κ2) is 8.03. The number of nitrogens with one attached hydrogen (secondary N) is 1. The van der Waals surface area contributed by atoms with Gasteiger partial charge in [-0.3, -0.25) is 4.79 Å². The highest BCUT2D eigenvalue weighted by Crippen LogP contribution is 2.13. The van der Waals surface area contributed by atoms with Gasteiger partial charge in [0.25, 0.3) is 5.91 Å². The fourth-order valence-electron chi connectivity index (χ4n) is 1.99. The first-order chi connectivity index (χ1) is 11.1. The number of aromatic nitrogens is 1. The third-order valence-electron chi connectivity index (χ3n) is 3.22. The molecule has 1 aromatic heterocycles. The predicted molar refractivity (Wildman–Crippen MR) is 85.2 cm³/mol. The molecule has 0 aliphatic carbocycles. The standard InChI is InChI=1S/C17H20N2O4/c1-3-22-14-8-6-13(7-9-14)11-19(2)16(20)12-23-17(21)15-5-4-10-18-15/h4-10,18H,3,11-12H2,1-2H3. The molecule has 2 aromatic rings. The molecule has 1 N–H and O–H groups in total. The number of hydrogen-bond acceptors (Lipinski definition) is 4. The largest absolute Gasteiger partial charge is 0.494 e. The summed E-state index contributed by atoms with van der Waals surface area (Å²) in [5.74, 6) is -0.0123. The van der Waals surface area contributed by atoms with Crippen LogP contribution in [0.5, 0.6) is 5.75 Å². The van der Waals surface area contributed by atoms with Gasteiger partial charge >= 0.3 is 5.97 Å². The van der Waals surface area contributed by atoms with Crippen LogP contribution in [0.3, 0.4) is 0 Å². The van der Waals surface area contributed by atoms with Gasteiger partial charge in [0.1, 0.15) is 11.4 Å².